The molecule has 1 rings (SSSR count). The zero-order valence-corrected chi connectivity index (χ0v) is 11.8. The normalized spacial score (nSPS) is 13.4. The first-order chi connectivity index (χ1) is 13.0. The van der Waals surface area contributed by atoms with Gasteiger partial charge in [-0.25, -0.2) is 9.59 Å². The first kappa shape index (κ1) is 9.93. The van der Waals surface area contributed by atoms with Gasteiger partial charge in [-0.3, -0.25) is 9.59 Å². The van der Waals surface area contributed by atoms with Gasteiger partial charge < -0.3 is 20.8 Å². The molecule has 0 unspecified atom stereocenters. The average molecular weight is 314 g/mol. The molecule has 0 aliphatic rings. The molecule has 0 atom stereocenters. The molecule has 0 saturated carbocycles. The summed E-state index contributed by atoms with van der Waals surface area (Å²) in [7, 11) is 0.947. The van der Waals surface area contributed by atoms with E-state index in [1.165, 1.54) is 0 Å². The number of carboxylic acid groups (broad SMARTS) is 2. The van der Waals surface area contributed by atoms with Crippen LogP contribution in [0.4, 0.5) is 0 Å². The molecule has 0 heterocycles. The summed E-state index contributed by atoms with van der Waals surface area (Å²) in [4.78, 5) is 48.8. The lowest BCUT2D eigenvalue weighted by Crippen LogP contribution is -2.28. The van der Waals surface area contributed by atoms with E-state index in [9.17, 15) is 19.2 Å². The van der Waals surface area contributed by atoms with Gasteiger partial charge in [0.2, 0.25) is 0 Å². The van der Waals surface area contributed by atoms with Crippen molar-refractivity contribution in [2.24, 2.45) is 0 Å². The molecule has 8 heteroatoms. The second-order valence-electron chi connectivity index (χ2n) is 4.04. The molecule has 4 N–H and O–H groups in total. The van der Waals surface area contributed by atoms with Crippen LogP contribution in [0.5, 0.6) is 0 Å². The molecule has 22 heavy (non-hydrogen) atoms. The highest BCUT2D eigenvalue weighted by molar-refractivity contribution is 6.11. The van der Waals surface area contributed by atoms with Gasteiger partial charge in [0.25, 0.3) is 14.7 Å². The first-order valence-electron chi connectivity index (χ1n) is 8.85. The largest absolute Gasteiger partial charge is 0.478 e. The van der Waals surface area contributed by atoms with Crippen molar-refractivity contribution in [2.75, 3.05) is 13.6 Å². The second-order valence-corrected chi connectivity index (χ2v) is 4.04. The highest BCUT2D eigenvalue weighted by Gasteiger charge is 2.24. The Labute approximate surface area is 134 Å². The molecule has 1 aromatic carbocycles. The van der Waals surface area contributed by atoms with Gasteiger partial charge in [0.05, 0.1) is 25.0 Å². The van der Waals surface area contributed by atoms with E-state index in [0.29, 0.717) is 11.7 Å². The maximum absolute atomic E-state index is 12.6. The zero-order valence-electron chi connectivity index (χ0n) is 17.8. The van der Waals surface area contributed by atoms with Crippen molar-refractivity contribution in [3.05, 3.63) is 34.3 Å². The van der Waals surface area contributed by atoms with Gasteiger partial charge in [0.1, 0.15) is 0 Å². The van der Waals surface area contributed by atoms with E-state index in [2.05, 4.69) is 10.2 Å². The van der Waals surface area contributed by atoms with Gasteiger partial charge in [-0.05, 0) is 18.5 Å². The summed E-state index contributed by atoms with van der Waals surface area (Å²) in [5.41, 5.74) is -3.89. The molecule has 8 nitrogen and oxygen atoms in total. The Balaban J connectivity index is 4.08. The van der Waals surface area contributed by atoms with E-state index in [-0.39, 0.29) is 11.9 Å². The molecular formula is C14H16N2O6. The molecule has 1 aromatic rings. The maximum Gasteiger partial charge on any atom is 0.336 e. The molecular weight excluding hydrogens is 292 g/mol. The van der Waals surface area contributed by atoms with Crippen molar-refractivity contribution in [1.82, 2.24) is 10.6 Å². The molecule has 0 aliphatic heterocycles. The third kappa shape index (κ3) is 3.60. The number of nitrogens with one attached hydrogen (secondary N) is 2. The zero-order chi connectivity index (χ0) is 21.8. The summed E-state index contributed by atoms with van der Waals surface area (Å²) in [6.45, 7) is 1.52. The van der Waals surface area contributed by atoms with Crippen LogP contribution in [0, 0.1) is 0 Å². The fourth-order valence-corrected chi connectivity index (χ4v) is 1.53. The maximum atomic E-state index is 12.6. The van der Waals surface area contributed by atoms with Crippen LogP contribution in [0.2, 0.25) is 2.82 Å². The van der Waals surface area contributed by atoms with E-state index in [1.54, 1.807) is 6.92 Å². The summed E-state index contributed by atoms with van der Waals surface area (Å²) in [6, 6.07) is -2.15. The number of benzene rings is 1. The van der Waals surface area contributed by atoms with Crippen molar-refractivity contribution in [3.8, 4) is 0 Å². The molecule has 0 saturated heterocycles. The Bertz CT molecular complexity index is 831. The number of hydrogen-bond acceptors (Lipinski definition) is 6. The molecule has 0 fully saturated rings. The predicted molar refractivity (Wildman–Crippen MR) is 76.4 cm³/mol. The number of hydrogen-bond donors (Lipinski definition) is 4. The van der Waals surface area contributed by atoms with Crippen molar-refractivity contribution >= 4 is 23.8 Å². The van der Waals surface area contributed by atoms with Crippen LogP contribution < -0.4 is 10.6 Å². The van der Waals surface area contributed by atoms with E-state index in [0.717, 1.165) is 7.05 Å². The smallest absolute Gasteiger partial charge is 0.336 e. The van der Waals surface area contributed by atoms with Crippen LogP contribution in [0.3, 0.4) is 0 Å². The fraction of sp³-hybridized carbons (Fsp3) is 0.286. The van der Waals surface area contributed by atoms with Crippen LogP contribution in [-0.2, 0) is 0 Å². The lowest BCUT2D eigenvalue weighted by Gasteiger charge is -2.11. The molecule has 118 valence electrons. The van der Waals surface area contributed by atoms with Crippen LogP contribution in [0.15, 0.2) is 12.1 Å². The highest BCUT2D eigenvalue weighted by Crippen LogP contribution is 2.18. The van der Waals surface area contributed by atoms with E-state index >= 15 is 0 Å². The Kier molecular flexibility index (Phi) is 3.25. The van der Waals surface area contributed by atoms with Gasteiger partial charge in [-0.1, -0.05) is 6.92 Å². The van der Waals surface area contributed by atoms with Crippen LogP contribution in [-0.4, -0.2) is 47.6 Å². The minimum Gasteiger partial charge on any atom is -0.478 e. The molecule has 0 aromatic heterocycles. The highest BCUT2D eigenvalue weighted by atomic mass is 16.4. The third-order valence-corrected chi connectivity index (χ3v) is 2.52. The summed E-state index contributed by atoms with van der Waals surface area (Å²) in [6.07, 6.45) is 0.332. The van der Waals surface area contributed by atoms with Crippen molar-refractivity contribution < 1.29 is 35.0 Å². The number of carboxylic acids is 2. The quantitative estimate of drug-likeness (QED) is 0.607. The van der Waals surface area contributed by atoms with Crippen molar-refractivity contribution in [3.63, 3.8) is 0 Å². The average Bonchev–Trinajstić information content (AvgIpc) is 2.66. The van der Waals surface area contributed by atoms with Crippen molar-refractivity contribution in [1.29, 1.82) is 2.86 Å². The molecule has 0 aliphatic carbocycles. The molecule has 0 radical (unpaired) electrons. The van der Waals surface area contributed by atoms with Gasteiger partial charge in [0, 0.05) is 13.6 Å². The number of carbonyl (C=O) groups is 4. The second kappa shape index (κ2) is 7.21. The number of rotatable bonds is 6. The predicted octanol–water partition coefficient (Wildman–Crippen LogP) is 0.582. The summed E-state index contributed by atoms with van der Waals surface area (Å²) in [5.74, 6) is -5.75. The molecule has 2 amide bonds. The summed E-state index contributed by atoms with van der Waals surface area (Å²) in [5, 5.41) is 8.08. The van der Waals surface area contributed by atoms with Gasteiger partial charge in [0.15, 0.2) is 2.82 Å². The van der Waals surface area contributed by atoms with Gasteiger partial charge in [-0.2, -0.15) is 0 Å². The van der Waals surface area contributed by atoms with Crippen LogP contribution >= 0.6 is 0 Å². The third-order valence-electron chi connectivity index (χ3n) is 2.52. The molecule has 0 bridgehead atoms. The minimum atomic E-state index is -1.60. The van der Waals surface area contributed by atoms with Crippen LogP contribution in [0.25, 0.3) is 2.86 Å². The van der Waals surface area contributed by atoms with Crippen molar-refractivity contribution in [2.45, 2.75) is 13.3 Å². The molecule has 0 spiro atoms. The summed E-state index contributed by atoms with van der Waals surface area (Å²) < 4.78 is 44.7. The van der Waals surface area contributed by atoms with E-state index in [1.807, 2.05) is 0 Å². The number of amides is 2. The lowest BCUT2D eigenvalue weighted by molar-refractivity contribution is 0.0687. The Morgan fingerprint density at radius 2 is 1.59 bits per heavy atom. The number of aromatic carboxylic acids is 2. The van der Waals surface area contributed by atoms with Gasteiger partial charge in [-0.15, -0.1) is 0 Å². The van der Waals surface area contributed by atoms with E-state index in [4.69, 9.17) is 8.43 Å². The van der Waals surface area contributed by atoms with Crippen LogP contribution in [0.1, 0.15) is 57.5 Å². The topological polar surface area (TPSA) is 133 Å². The Morgan fingerprint density at radius 1 is 1.09 bits per heavy atom. The minimum absolute atomic E-state index is 0.126. The van der Waals surface area contributed by atoms with Gasteiger partial charge >= 0.3 is 11.9 Å². The monoisotopic (exact) mass is 314 g/mol. The Morgan fingerprint density at radius 3 is 2.05 bits per heavy atom. The number of carbonyl (C=O) groups excluding carboxylic acids is 2. The SMILES string of the molecule is [2H]OC(=O)c1c([2H])c(C(=O)O[2H])c(C(=O)N([2H])CCC)c([2H])c1C(=O)N([2H])C. The fourth-order valence-electron chi connectivity index (χ4n) is 1.53. The lowest BCUT2D eigenvalue weighted by atomic mass is 9.97. The summed E-state index contributed by atoms with van der Waals surface area (Å²) >= 11 is 0. The van der Waals surface area contributed by atoms with E-state index < -0.39 is 58.1 Å². The Hall–Kier alpha value is -2.90. The standard InChI is InChI=1S/C14H16N2O6/c1-3-4-16-12(18)8-5-7(11(17)15-2)9(13(19)20)6-10(8)14(21)22/h5-6H,3-4H2,1-2H3,(H,15,17)(H,16,18)(H,19,20)(H,21,22)/i5D,6D/hD4. The first-order valence-corrected chi connectivity index (χ1v) is 6.14.